The van der Waals surface area contributed by atoms with Gasteiger partial charge in [-0.25, -0.2) is 4.79 Å². The van der Waals surface area contributed by atoms with Crippen LogP contribution in [-0.2, 0) is 16.2 Å². The molecule has 34 valence electrons. The largest absolute Gasteiger partial charge is 0.591 e. The van der Waals surface area contributed by atoms with E-state index in [-0.39, 0.29) is 0 Å². The second-order valence-corrected chi connectivity index (χ2v) is 1.64. The first-order chi connectivity index (χ1) is 2.77. The molecule has 0 aromatic heterocycles. The van der Waals surface area contributed by atoms with Crippen molar-refractivity contribution < 1.29 is 9.35 Å². The van der Waals surface area contributed by atoms with E-state index in [2.05, 4.69) is 4.40 Å². The van der Waals surface area contributed by atoms with Crippen molar-refractivity contribution in [1.82, 2.24) is 0 Å². The zero-order valence-electron chi connectivity index (χ0n) is 3.17. The minimum absolute atomic E-state index is 1.14. The fourth-order valence-corrected chi connectivity index (χ4v) is 0.157. The average Bonchev–Trinajstić information content (AvgIpc) is 1.35. The summed E-state index contributed by atoms with van der Waals surface area (Å²) in [5.41, 5.74) is 0. The van der Waals surface area contributed by atoms with Crippen molar-refractivity contribution in [3.63, 3.8) is 0 Å². The molecule has 0 radical (unpaired) electrons. The van der Waals surface area contributed by atoms with Gasteiger partial charge in [-0.2, -0.15) is 0 Å². The third-order valence-corrected chi connectivity index (χ3v) is 0.497. The van der Waals surface area contributed by atoms with Crippen LogP contribution in [-0.4, -0.2) is 16.9 Å². The Balaban J connectivity index is 3.29. The van der Waals surface area contributed by atoms with E-state index in [4.69, 9.17) is 4.79 Å². The molecule has 3 nitrogen and oxygen atoms in total. The Morgan fingerprint density at radius 2 is 2.50 bits per heavy atom. The molecule has 0 heterocycles. The van der Waals surface area contributed by atoms with E-state index in [0.717, 1.165) is 6.08 Å². The number of rotatable bonds is 1. The lowest BCUT2D eigenvalue weighted by Crippen LogP contribution is -1.86. The van der Waals surface area contributed by atoms with Crippen molar-refractivity contribution in [2.45, 2.75) is 0 Å². The summed E-state index contributed by atoms with van der Waals surface area (Å²) in [5.74, 6) is 0. The molecule has 0 amide bonds. The van der Waals surface area contributed by atoms with Gasteiger partial charge < -0.3 is 4.55 Å². The summed E-state index contributed by atoms with van der Waals surface area (Å²) in [6.07, 6.45) is 2.44. The molecule has 0 rings (SSSR count). The van der Waals surface area contributed by atoms with E-state index < -0.39 is 11.4 Å². The normalized spacial score (nSPS) is 12.3. The van der Waals surface area contributed by atoms with Gasteiger partial charge >= 0.3 is 0 Å². The van der Waals surface area contributed by atoms with Crippen molar-refractivity contribution in [2.75, 3.05) is 6.26 Å². The summed E-state index contributed by atoms with van der Waals surface area (Å²) in [6, 6.07) is 0. The predicted molar refractivity (Wildman–Crippen MR) is 22.2 cm³/mol. The summed E-state index contributed by atoms with van der Waals surface area (Å²) in [6.45, 7) is 0. The summed E-state index contributed by atoms with van der Waals surface area (Å²) < 4.78 is 12.5. The maximum atomic E-state index is 9.73. The molecule has 0 fully saturated rings. The molecule has 0 saturated carbocycles. The van der Waals surface area contributed by atoms with Crippen molar-refractivity contribution in [3.8, 4) is 0 Å². The van der Waals surface area contributed by atoms with Crippen molar-refractivity contribution in [1.29, 1.82) is 0 Å². The van der Waals surface area contributed by atoms with E-state index in [0.29, 0.717) is 0 Å². The second-order valence-electron chi connectivity index (χ2n) is 0.606. The number of hydrogen-bond donors (Lipinski definition) is 0. The number of isocyanates is 1. The van der Waals surface area contributed by atoms with Crippen molar-refractivity contribution in [3.05, 3.63) is 0 Å². The minimum Gasteiger partial charge on any atom is -0.591 e. The van der Waals surface area contributed by atoms with Crippen LogP contribution < -0.4 is 0 Å². The van der Waals surface area contributed by atoms with Crippen LogP contribution in [0.2, 0.25) is 0 Å². The van der Waals surface area contributed by atoms with Crippen LogP contribution in [0.1, 0.15) is 0 Å². The molecule has 0 saturated heterocycles. The molecule has 0 N–H and O–H groups in total. The number of nitrogens with zero attached hydrogens (tertiary/aromatic N) is 1. The van der Waals surface area contributed by atoms with Crippen LogP contribution in [0, 0.1) is 0 Å². The van der Waals surface area contributed by atoms with Crippen molar-refractivity contribution >= 4 is 17.4 Å². The van der Waals surface area contributed by atoms with Crippen LogP contribution in [0.4, 0.5) is 0 Å². The molecule has 0 bridgehead atoms. The Kier molecular flexibility index (Phi) is 2.75. The molecule has 0 aromatic rings. The molecule has 0 aliphatic rings. The molecule has 0 aromatic carbocycles. The van der Waals surface area contributed by atoms with Crippen molar-refractivity contribution in [2.24, 2.45) is 4.40 Å². The van der Waals surface area contributed by atoms with E-state index in [9.17, 15) is 4.55 Å². The molecule has 1 atom stereocenters. The lowest BCUT2D eigenvalue weighted by molar-refractivity contribution is 0.564. The summed E-state index contributed by atoms with van der Waals surface area (Å²) in [5, 5.41) is 0. The zero-order chi connectivity index (χ0) is 4.99. The third kappa shape index (κ3) is 3.69. The van der Waals surface area contributed by atoms with Gasteiger partial charge in [-0.1, -0.05) is 0 Å². The minimum atomic E-state index is -1.36. The molecule has 0 aliphatic heterocycles. The monoisotopic (exact) mass is 105 g/mol. The van der Waals surface area contributed by atoms with E-state index in [1.54, 1.807) is 0 Å². The summed E-state index contributed by atoms with van der Waals surface area (Å²) in [7, 11) is 0. The molecule has 6 heavy (non-hydrogen) atoms. The van der Waals surface area contributed by atoms with Gasteiger partial charge in [-0.3, -0.25) is 0 Å². The fourth-order valence-electron chi connectivity index (χ4n) is 0.0525. The van der Waals surface area contributed by atoms with Gasteiger partial charge in [0.2, 0.25) is 0 Å². The molecular weight excluding hydrogens is 102 g/mol. The van der Waals surface area contributed by atoms with Crippen LogP contribution in [0.15, 0.2) is 4.40 Å². The highest BCUT2D eigenvalue weighted by molar-refractivity contribution is 7.89. The van der Waals surface area contributed by atoms with Gasteiger partial charge in [0.25, 0.3) is 6.08 Å². The fraction of sp³-hybridized carbons (Fsp3) is 0.500. The predicted octanol–water partition coefficient (Wildman–Crippen LogP) is -0.384. The van der Waals surface area contributed by atoms with Gasteiger partial charge in [-0.05, 0) is 0 Å². The van der Waals surface area contributed by atoms with Gasteiger partial charge in [0.05, 0.1) is 0 Å². The highest BCUT2D eigenvalue weighted by Gasteiger charge is 1.82. The Bertz CT molecular complexity index is 75.6. The summed E-state index contributed by atoms with van der Waals surface area (Å²) in [4.78, 5) is 9.13. The Hall–Kier alpha value is -0.310. The number of carbonyl (C=O) groups excluding carboxylic acids is 1. The van der Waals surface area contributed by atoms with Gasteiger partial charge in [-0.15, -0.1) is 0 Å². The van der Waals surface area contributed by atoms with E-state index >= 15 is 0 Å². The Morgan fingerprint density at radius 1 is 2.00 bits per heavy atom. The lowest BCUT2D eigenvalue weighted by Gasteiger charge is -1.84. The van der Waals surface area contributed by atoms with E-state index in [1.165, 1.54) is 6.26 Å². The van der Waals surface area contributed by atoms with Crippen LogP contribution in [0.3, 0.4) is 0 Å². The molecule has 0 aliphatic carbocycles. The second kappa shape index (κ2) is 2.90. The molecule has 1 unspecified atom stereocenters. The smallest absolute Gasteiger partial charge is 0.288 e. The van der Waals surface area contributed by atoms with E-state index in [1.807, 2.05) is 0 Å². The summed E-state index contributed by atoms with van der Waals surface area (Å²) >= 11 is -1.36. The SMILES string of the molecule is C[S+]([O-])N=C=O. The molecule has 0 spiro atoms. The molecule has 4 heteroatoms. The van der Waals surface area contributed by atoms with Crippen LogP contribution in [0.25, 0.3) is 0 Å². The zero-order valence-corrected chi connectivity index (χ0v) is 3.99. The first-order valence-electron chi connectivity index (χ1n) is 1.19. The quantitative estimate of drug-likeness (QED) is 0.259. The Morgan fingerprint density at radius 3 is 2.50 bits per heavy atom. The molecular formula is C2H3NO2S. The third-order valence-electron chi connectivity index (χ3n) is 0.166. The highest BCUT2D eigenvalue weighted by Crippen LogP contribution is 1.76. The maximum Gasteiger partial charge on any atom is 0.288 e. The Labute approximate surface area is 38.4 Å². The van der Waals surface area contributed by atoms with Gasteiger partial charge in [0, 0.05) is 4.40 Å². The lowest BCUT2D eigenvalue weighted by atomic mass is 11.7. The maximum absolute atomic E-state index is 9.73. The van der Waals surface area contributed by atoms with Crippen LogP contribution >= 0.6 is 0 Å². The topological polar surface area (TPSA) is 52.5 Å². The van der Waals surface area contributed by atoms with Gasteiger partial charge in [0.15, 0.2) is 0 Å². The first kappa shape index (κ1) is 5.69. The average molecular weight is 105 g/mol. The highest BCUT2D eigenvalue weighted by atomic mass is 32.2. The number of hydrogen-bond acceptors (Lipinski definition) is 3. The standard InChI is InChI=1S/C2H3NO2S/c1-6(5)3-2-4/h1H3. The first-order valence-corrected chi connectivity index (χ1v) is 2.70. The van der Waals surface area contributed by atoms with Crippen LogP contribution in [0.5, 0.6) is 0 Å². The van der Waals surface area contributed by atoms with Gasteiger partial charge in [0.1, 0.15) is 17.6 Å².